The zero-order valence-electron chi connectivity index (χ0n) is 11.7. The Morgan fingerprint density at radius 1 is 0.857 bits per heavy atom. The maximum absolute atomic E-state index is 10.7. The second-order valence-electron chi connectivity index (χ2n) is 5.56. The fourth-order valence-electron chi connectivity index (χ4n) is 3.29. The Morgan fingerprint density at radius 3 is 2.62 bits per heavy atom. The summed E-state index contributed by atoms with van der Waals surface area (Å²) < 4.78 is 0. The van der Waals surface area contributed by atoms with Crippen molar-refractivity contribution in [1.29, 1.82) is 0 Å². The van der Waals surface area contributed by atoms with Crippen LogP contribution in [0.4, 0.5) is 0 Å². The molecule has 1 atom stereocenters. The highest BCUT2D eigenvalue weighted by atomic mass is 16.3. The van der Waals surface area contributed by atoms with Gasteiger partial charge in [-0.25, -0.2) is 0 Å². The quantitative estimate of drug-likeness (QED) is 0.708. The summed E-state index contributed by atoms with van der Waals surface area (Å²) in [7, 11) is 0. The molecule has 3 aromatic carbocycles. The third-order valence-corrected chi connectivity index (χ3v) is 4.35. The van der Waals surface area contributed by atoms with Crippen molar-refractivity contribution in [2.75, 3.05) is 6.54 Å². The second-order valence-corrected chi connectivity index (χ2v) is 5.56. The highest BCUT2D eigenvalue weighted by Crippen LogP contribution is 2.37. The zero-order chi connectivity index (χ0) is 14.2. The van der Waals surface area contributed by atoms with Crippen LogP contribution >= 0.6 is 0 Å². The summed E-state index contributed by atoms with van der Waals surface area (Å²) in [5, 5.41) is 16.2. The third kappa shape index (κ3) is 1.99. The number of nitrogens with one attached hydrogen (secondary N) is 1. The summed E-state index contributed by atoms with van der Waals surface area (Å²) in [5.41, 5.74) is 3.60. The van der Waals surface area contributed by atoms with Crippen molar-refractivity contribution in [1.82, 2.24) is 5.32 Å². The summed E-state index contributed by atoms with van der Waals surface area (Å²) in [5.74, 6) is 0.391. The molecule has 21 heavy (non-hydrogen) atoms. The Hall–Kier alpha value is -2.32. The number of hydrogen-bond acceptors (Lipinski definition) is 2. The van der Waals surface area contributed by atoms with Gasteiger partial charge in [0.1, 0.15) is 5.75 Å². The smallest absolute Gasteiger partial charge is 0.128 e. The van der Waals surface area contributed by atoms with Crippen LogP contribution in [0.1, 0.15) is 22.7 Å². The van der Waals surface area contributed by atoms with E-state index in [2.05, 4.69) is 35.6 Å². The van der Waals surface area contributed by atoms with E-state index in [0.29, 0.717) is 5.75 Å². The minimum atomic E-state index is 0.0690. The minimum absolute atomic E-state index is 0.0690. The van der Waals surface area contributed by atoms with Gasteiger partial charge in [0.05, 0.1) is 6.04 Å². The summed E-state index contributed by atoms with van der Waals surface area (Å²) in [4.78, 5) is 0. The van der Waals surface area contributed by atoms with Crippen molar-refractivity contribution >= 4 is 10.8 Å². The molecule has 0 radical (unpaired) electrons. The average Bonchev–Trinajstić information content (AvgIpc) is 2.55. The van der Waals surface area contributed by atoms with E-state index in [-0.39, 0.29) is 6.04 Å². The monoisotopic (exact) mass is 275 g/mol. The molecule has 104 valence electrons. The molecule has 2 nitrogen and oxygen atoms in total. The number of benzene rings is 3. The topological polar surface area (TPSA) is 32.3 Å². The molecule has 1 unspecified atom stereocenters. The molecule has 1 aliphatic heterocycles. The minimum Gasteiger partial charge on any atom is -0.507 e. The van der Waals surface area contributed by atoms with Crippen LogP contribution in [0, 0.1) is 0 Å². The van der Waals surface area contributed by atoms with Crippen LogP contribution in [-0.4, -0.2) is 11.7 Å². The van der Waals surface area contributed by atoms with E-state index in [1.54, 1.807) is 0 Å². The lowest BCUT2D eigenvalue weighted by Gasteiger charge is -2.28. The lowest BCUT2D eigenvalue weighted by atomic mass is 9.88. The molecule has 0 aliphatic carbocycles. The molecule has 0 fully saturated rings. The molecule has 0 saturated carbocycles. The molecule has 2 heteroatoms. The summed E-state index contributed by atoms with van der Waals surface area (Å²) in [6.07, 6.45) is 1.04. The van der Waals surface area contributed by atoms with Gasteiger partial charge in [-0.1, -0.05) is 60.7 Å². The molecule has 2 N–H and O–H groups in total. The first-order valence-electron chi connectivity index (χ1n) is 7.36. The zero-order valence-corrected chi connectivity index (χ0v) is 11.7. The predicted octanol–water partition coefficient (Wildman–Crippen LogP) is 3.78. The standard InChI is InChI=1S/C19H17NO/c21-19-16-8-4-2-5-13(16)9-10-17(19)18-15-7-3-1-6-14(15)11-12-20-18/h1-10,18,20-21H,11-12H2. The van der Waals surface area contributed by atoms with Crippen molar-refractivity contribution in [3.63, 3.8) is 0 Å². The number of hydrogen-bond donors (Lipinski definition) is 2. The maximum Gasteiger partial charge on any atom is 0.128 e. The van der Waals surface area contributed by atoms with Crippen molar-refractivity contribution in [2.24, 2.45) is 0 Å². The second kappa shape index (κ2) is 4.90. The van der Waals surface area contributed by atoms with Crippen LogP contribution in [0.5, 0.6) is 5.75 Å². The van der Waals surface area contributed by atoms with E-state index < -0.39 is 0 Å². The summed E-state index contributed by atoms with van der Waals surface area (Å²) in [6.45, 7) is 0.938. The van der Waals surface area contributed by atoms with Gasteiger partial charge in [0, 0.05) is 17.5 Å². The Kier molecular flexibility index (Phi) is 2.90. The third-order valence-electron chi connectivity index (χ3n) is 4.35. The highest BCUT2D eigenvalue weighted by Gasteiger charge is 2.23. The first-order valence-corrected chi connectivity index (χ1v) is 7.36. The van der Waals surface area contributed by atoms with E-state index in [1.165, 1.54) is 11.1 Å². The molecule has 0 amide bonds. The lowest BCUT2D eigenvalue weighted by Crippen LogP contribution is -2.30. The van der Waals surface area contributed by atoms with Crippen molar-refractivity contribution in [2.45, 2.75) is 12.5 Å². The van der Waals surface area contributed by atoms with Crippen LogP contribution < -0.4 is 5.32 Å². The van der Waals surface area contributed by atoms with Crippen LogP contribution in [0.25, 0.3) is 10.8 Å². The first-order chi connectivity index (χ1) is 10.3. The van der Waals surface area contributed by atoms with E-state index in [1.807, 2.05) is 30.3 Å². The van der Waals surface area contributed by atoms with Gasteiger partial charge < -0.3 is 10.4 Å². The van der Waals surface area contributed by atoms with Gasteiger partial charge in [0.15, 0.2) is 0 Å². The largest absolute Gasteiger partial charge is 0.507 e. The van der Waals surface area contributed by atoms with Gasteiger partial charge in [-0.05, 0) is 22.9 Å². The van der Waals surface area contributed by atoms with Crippen LogP contribution in [0.2, 0.25) is 0 Å². The highest BCUT2D eigenvalue weighted by molar-refractivity contribution is 5.89. The Balaban J connectivity index is 1.90. The molecule has 0 aromatic heterocycles. The van der Waals surface area contributed by atoms with Gasteiger partial charge in [-0.2, -0.15) is 0 Å². The van der Waals surface area contributed by atoms with E-state index in [0.717, 1.165) is 29.3 Å². The number of phenolic OH excluding ortho intramolecular Hbond substituents is 1. The van der Waals surface area contributed by atoms with Gasteiger partial charge in [-0.3, -0.25) is 0 Å². The molecule has 1 aliphatic rings. The number of phenols is 1. The van der Waals surface area contributed by atoms with E-state index in [4.69, 9.17) is 0 Å². The predicted molar refractivity (Wildman–Crippen MR) is 85.6 cm³/mol. The summed E-state index contributed by atoms with van der Waals surface area (Å²) in [6, 6.07) is 20.6. The maximum atomic E-state index is 10.7. The molecule has 4 rings (SSSR count). The molecule has 0 spiro atoms. The fraction of sp³-hybridized carbons (Fsp3) is 0.158. The summed E-state index contributed by atoms with van der Waals surface area (Å²) >= 11 is 0. The SMILES string of the molecule is Oc1c(C2NCCc3ccccc32)ccc2ccccc12. The van der Waals surface area contributed by atoms with Crippen molar-refractivity contribution < 1.29 is 5.11 Å². The average molecular weight is 275 g/mol. The normalized spacial score (nSPS) is 17.6. The van der Waals surface area contributed by atoms with Crippen LogP contribution in [-0.2, 0) is 6.42 Å². The number of aromatic hydroxyl groups is 1. The Morgan fingerprint density at radius 2 is 1.67 bits per heavy atom. The van der Waals surface area contributed by atoms with E-state index >= 15 is 0 Å². The first kappa shape index (κ1) is 12.4. The molecule has 1 heterocycles. The van der Waals surface area contributed by atoms with E-state index in [9.17, 15) is 5.11 Å². The molecule has 0 saturated heterocycles. The molecular weight excluding hydrogens is 258 g/mol. The Labute approximate surface area is 124 Å². The van der Waals surface area contributed by atoms with Gasteiger partial charge in [-0.15, -0.1) is 0 Å². The lowest BCUT2D eigenvalue weighted by molar-refractivity contribution is 0.460. The Bertz CT molecular complexity index is 810. The number of fused-ring (bicyclic) bond motifs is 2. The number of rotatable bonds is 1. The molecule has 3 aromatic rings. The fourth-order valence-corrected chi connectivity index (χ4v) is 3.29. The van der Waals surface area contributed by atoms with Crippen molar-refractivity contribution in [3.05, 3.63) is 77.4 Å². The van der Waals surface area contributed by atoms with Crippen LogP contribution in [0.15, 0.2) is 60.7 Å². The van der Waals surface area contributed by atoms with Crippen molar-refractivity contribution in [3.8, 4) is 5.75 Å². The molecular formula is C19H17NO. The van der Waals surface area contributed by atoms with Gasteiger partial charge in [0.25, 0.3) is 0 Å². The van der Waals surface area contributed by atoms with Gasteiger partial charge in [0.2, 0.25) is 0 Å². The van der Waals surface area contributed by atoms with Crippen LogP contribution in [0.3, 0.4) is 0 Å². The van der Waals surface area contributed by atoms with Gasteiger partial charge >= 0.3 is 0 Å². The molecule has 0 bridgehead atoms.